The molecular weight excluding hydrogens is 971 g/mol. The van der Waals surface area contributed by atoms with Gasteiger partial charge in [-0.2, -0.15) is 0 Å². The van der Waals surface area contributed by atoms with E-state index in [0.717, 1.165) is 57.8 Å². The fourth-order valence-electron chi connectivity index (χ4n) is 10.6. The van der Waals surface area contributed by atoms with Gasteiger partial charge in [0.1, 0.15) is 0 Å². The van der Waals surface area contributed by atoms with Gasteiger partial charge < -0.3 is 20.3 Å². The van der Waals surface area contributed by atoms with Crippen LogP contribution in [0.5, 0.6) is 0 Å². The number of aliphatic hydroxyl groups is 2. The van der Waals surface area contributed by atoms with Crippen LogP contribution in [-0.4, -0.2) is 47.4 Å². The van der Waals surface area contributed by atoms with Crippen LogP contribution in [0.4, 0.5) is 0 Å². The molecule has 0 saturated carbocycles. The summed E-state index contributed by atoms with van der Waals surface area (Å²) < 4.78 is 5.48. The Hall–Kier alpha value is -2.44. The largest absolute Gasteiger partial charge is 0.466 e. The van der Waals surface area contributed by atoms with Crippen molar-refractivity contribution in [1.29, 1.82) is 0 Å². The molecule has 6 nitrogen and oxygen atoms in total. The first-order valence-corrected chi connectivity index (χ1v) is 35.1. The first-order chi connectivity index (χ1) is 39.0. The minimum atomic E-state index is -0.841. The summed E-state index contributed by atoms with van der Waals surface area (Å²) >= 11 is 0. The number of nitrogens with one attached hydrogen (secondary N) is 1. The molecule has 0 aromatic heterocycles. The summed E-state index contributed by atoms with van der Waals surface area (Å²) in [6.45, 7) is 4.83. The molecule has 0 bridgehead atoms. The van der Waals surface area contributed by atoms with Crippen LogP contribution >= 0.6 is 0 Å². The first-order valence-electron chi connectivity index (χ1n) is 35.1. The van der Waals surface area contributed by atoms with Crippen molar-refractivity contribution in [3.8, 4) is 0 Å². The van der Waals surface area contributed by atoms with Crippen molar-refractivity contribution in [2.75, 3.05) is 13.2 Å². The molecule has 0 aliphatic carbocycles. The quantitative estimate of drug-likeness (QED) is 0.0320. The van der Waals surface area contributed by atoms with Crippen molar-refractivity contribution in [1.82, 2.24) is 5.32 Å². The Morgan fingerprint density at radius 3 is 1.01 bits per heavy atom. The van der Waals surface area contributed by atoms with Crippen molar-refractivity contribution in [2.24, 2.45) is 0 Å². The molecule has 2 unspecified atom stereocenters. The van der Waals surface area contributed by atoms with Gasteiger partial charge in [0.15, 0.2) is 0 Å². The van der Waals surface area contributed by atoms with Crippen LogP contribution in [0.25, 0.3) is 0 Å². The number of unbranched alkanes of at least 4 members (excludes halogenated alkanes) is 46. The predicted molar refractivity (Wildman–Crippen MR) is 347 cm³/mol. The maximum absolute atomic E-state index is 12.4. The number of amides is 1. The van der Waals surface area contributed by atoms with E-state index >= 15 is 0 Å². The number of carbonyl (C=O) groups is 2. The summed E-state index contributed by atoms with van der Waals surface area (Å²) in [6.07, 6.45) is 90.4. The predicted octanol–water partition coefficient (Wildman–Crippen LogP) is 22.6. The molecule has 0 aliphatic heterocycles. The topological polar surface area (TPSA) is 95.9 Å². The lowest BCUT2D eigenvalue weighted by Crippen LogP contribution is -2.45. The van der Waals surface area contributed by atoms with Crippen LogP contribution < -0.4 is 5.32 Å². The van der Waals surface area contributed by atoms with E-state index in [1.165, 1.54) is 283 Å². The van der Waals surface area contributed by atoms with E-state index in [1.807, 2.05) is 6.08 Å². The molecule has 3 N–H and O–H groups in total. The highest BCUT2D eigenvalue weighted by molar-refractivity contribution is 5.76. The van der Waals surface area contributed by atoms with Crippen molar-refractivity contribution in [2.45, 2.75) is 379 Å². The van der Waals surface area contributed by atoms with Gasteiger partial charge in [0.2, 0.25) is 5.91 Å². The Bertz CT molecular complexity index is 1370. The molecule has 0 radical (unpaired) electrons. The molecule has 0 aliphatic rings. The third-order valence-corrected chi connectivity index (χ3v) is 16.0. The van der Waals surface area contributed by atoms with Gasteiger partial charge in [-0.25, -0.2) is 0 Å². The number of ether oxygens (including phenoxy) is 1. The smallest absolute Gasteiger partial charge is 0.305 e. The molecule has 0 saturated heterocycles. The Balaban J connectivity index is 3.35. The number of esters is 1. The fraction of sp³-hybridized carbons (Fsp3) is 0.836. The fourth-order valence-corrected chi connectivity index (χ4v) is 10.6. The van der Waals surface area contributed by atoms with Gasteiger partial charge in [-0.05, 0) is 89.9 Å². The van der Waals surface area contributed by atoms with Gasteiger partial charge in [0, 0.05) is 12.8 Å². The van der Waals surface area contributed by atoms with E-state index < -0.39 is 12.1 Å². The number of aliphatic hydroxyl groups excluding tert-OH is 2. The second kappa shape index (κ2) is 68.1. The van der Waals surface area contributed by atoms with Gasteiger partial charge in [0.05, 0.1) is 25.4 Å². The standard InChI is InChI=1S/C73H135NO5/c1-3-5-7-9-11-13-15-43-47-51-55-59-63-67-73(78)79-68-64-60-56-52-48-45-42-40-38-36-34-32-30-28-26-24-22-20-18-16-17-19-21-23-25-27-29-31-33-35-37-39-41-44-46-50-54-58-62-66-72(77)74-70(69-75)71(76)65-61-57-53-49-14-12-10-8-6-4-2/h7,9,13,15-17,20,22,61,65,70-71,75-76H,3-6,8,10-12,14,18-19,21,23-60,62-64,66-69H2,1-2H3,(H,74,77)/b9-7-,15-13-,17-16-,22-20-,65-61+. The van der Waals surface area contributed by atoms with Crippen LogP contribution in [0, 0.1) is 0 Å². The molecule has 0 aromatic carbocycles. The summed E-state index contributed by atoms with van der Waals surface area (Å²) in [4.78, 5) is 24.5. The van der Waals surface area contributed by atoms with Gasteiger partial charge >= 0.3 is 5.97 Å². The zero-order chi connectivity index (χ0) is 57.1. The summed E-state index contributed by atoms with van der Waals surface area (Å²) in [7, 11) is 0. The normalized spacial score (nSPS) is 12.9. The highest BCUT2D eigenvalue weighted by Gasteiger charge is 2.18. The monoisotopic (exact) mass is 1110 g/mol. The van der Waals surface area contributed by atoms with Crippen LogP contribution in [-0.2, 0) is 14.3 Å². The van der Waals surface area contributed by atoms with Crippen molar-refractivity contribution in [3.05, 3.63) is 60.8 Å². The molecule has 2 atom stereocenters. The first kappa shape index (κ1) is 76.6. The third-order valence-electron chi connectivity index (χ3n) is 16.0. The van der Waals surface area contributed by atoms with E-state index in [1.54, 1.807) is 6.08 Å². The molecule has 0 spiro atoms. The zero-order valence-corrected chi connectivity index (χ0v) is 52.9. The molecule has 462 valence electrons. The molecule has 0 heterocycles. The van der Waals surface area contributed by atoms with Gasteiger partial charge in [-0.15, -0.1) is 0 Å². The minimum absolute atomic E-state index is 0.00434. The Morgan fingerprint density at radius 2 is 0.658 bits per heavy atom. The number of carbonyl (C=O) groups excluding carboxylic acids is 2. The van der Waals surface area contributed by atoms with Gasteiger partial charge in [-0.3, -0.25) is 9.59 Å². The van der Waals surface area contributed by atoms with Gasteiger partial charge in [0.25, 0.3) is 0 Å². The van der Waals surface area contributed by atoms with E-state index in [9.17, 15) is 19.8 Å². The maximum Gasteiger partial charge on any atom is 0.305 e. The Labute approximate surface area is 492 Å². The zero-order valence-electron chi connectivity index (χ0n) is 52.9. The lowest BCUT2D eigenvalue weighted by molar-refractivity contribution is -0.143. The number of hydrogen-bond donors (Lipinski definition) is 3. The molecule has 1 amide bonds. The minimum Gasteiger partial charge on any atom is -0.466 e. The van der Waals surface area contributed by atoms with Crippen LogP contribution in [0.2, 0.25) is 0 Å². The SMILES string of the molecule is CCC/C=C\C/C=C\CCCCCCCC(=O)OCCCCCCCCCCCCCCCCC/C=C\C/C=C\CCCCCCCCCCCCCCCCCCCC(=O)NC(CO)C(O)/C=C/CCCCCCCCCC. The molecule has 79 heavy (non-hydrogen) atoms. The van der Waals surface area contributed by atoms with E-state index in [0.29, 0.717) is 19.4 Å². The third kappa shape index (κ3) is 64.6. The van der Waals surface area contributed by atoms with E-state index in [2.05, 4.69) is 67.8 Å². The Morgan fingerprint density at radius 1 is 0.354 bits per heavy atom. The second-order valence-corrected chi connectivity index (χ2v) is 23.9. The van der Waals surface area contributed by atoms with Crippen molar-refractivity contribution >= 4 is 11.9 Å². The molecular formula is C73H135NO5. The van der Waals surface area contributed by atoms with Crippen molar-refractivity contribution < 1.29 is 24.5 Å². The van der Waals surface area contributed by atoms with Gasteiger partial charge in [-0.1, -0.05) is 325 Å². The Kier molecular flexibility index (Phi) is 66.0. The molecule has 0 fully saturated rings. The lowest BCUT2D eigenvalue weighted by Gasteiger charge is -2.20. The van der Waals surface area contributed by atoms with Crippen LogP contribution in [0.3, 0.4) is 0 Å². The average molecular weight is 1110 g/mol. The molecule has 6 heteroatoms. The van der Waals surface area contributed by atoms with Crippen LogP contribution in [0.15, 0.2) is 60.8 Å². The maximum atomic E-state index is 12.4. The number of rotatable bonds is 65. The summed E-state index contributed by atoms with van der Waals surface area (Å²) in [6, 6.07) is -0.624. The highest BCUT2D eigenvalue weighted by Crippen LogP contribution is 2.18. The average Bonchev–Trinajstić information content (AvgIpc) is 3.45. The molecule has 0 rings (SSSR count). The lowest BCUT2D eigenvalue weighted by atomic mass is 10.0. The highest BCUT2D eigenvalue weighted by atomic mass is 16.5. The van der Waals surface area contributed by atoms with E-state index in [4.69, 9.17) is 4.74 Å². The summed E-state index contributed by atoms with van der Waals surface area (Å²) in [5.74, 6) is -0.0619. The number of allylic oxidation sites excluding steroid dienone is 9. The van der Waals surface area contributed by atoms with E-state index in [-0.39, 0.29) is 18.5 Å². The molecule has 0 aromatic rings. The summed E-state index contributed by atoms with van der Waals surface area (Å²) in [5, 5.41) is 23.0. The number of hydrogen-bond acceptors (Lipinski definition) is 5. The second-order valence-electron chi connectivity index (χ2n) is 23.9. The van der Waals surface area contributed by atoms with Crippen molar-refractivity contribution in [3.63, 3.8) is 0 Å². The summed E-state index contributed by atoms with van der Waals surface area (Å²) in [5.41, 5.74) is 0. The van der Waals surface area contributed by atoms with Crippen LogP contribution in [0.1, 0.15) is 367 Å².